The maximum Gasteiger partial charge on any atom is 0.229 e. The fraction of sp³-hybridized carbons (Fsp3) is 0.286. The van der Waals surface area contributed by atoms with Crippen LogP contribution in [0.25, 0.3) is 0 Å². The number of imidazole rings is 1. The van der Waals surface area contributed by atoms with Gasteiger partial charge in [-0.15, -0.1) is 11.8 Å². The third kappa shape index (κ3) is 2.48. The van der Waals surface area contributed by atoms with Gasteiger partial charge in [-0.1, -0.05) is 19.1 Å². The van der Waals surface area contributed by atoms with Gasteiger partial charge in [0.05, 0.1) is 0 Å². The number of carbonyl (C=O) groups is 1. The first-order valence-electron chi connectivity index (χ1n) is 5.96. The molecule has 1 aromatic heterocycles. The molecule has 0 unspecified atom stereocenters. The maximum absolute atomic E-state index is 12.5. The Labute approximate surface area is 111 Å². The van der Waals surface area contributed by atoms with Crippen LogP contribution in [0.1, 0.15) is 29.5 Å². The van der Waals surface area contributed by atoms with Crippen LogP contribution in [0.3, 0.4) is 0 Å². The van der Waals surface area contributed by atoms with Gasteiger partial charge in [-0.2, -0.15) is 0 Å². The van der Waals surface area contributed by atoms with Crippen molar-refractivity contribution in [2.45, 2.75) is 24.8 Å². The van der Waals surface area contributed by atoms with E-state index in [0.29, 0.717) is 5.82 Å². The van der Waals surface area contributed by atoms with Crippen molar-refractivity contribution in [2.24, 2.45) is 0 Å². The average Bonchev–Trinajstić information content (AvgIpc) is 2.86. The molecule has 4 heteroatoms. The number of nitrogens with zero attached hydrogens (tertiary/aromatic N) is 2. The van der Waals surface area contributed by atoms with Crippen molar-refractivity contribution in [3.05, 3.63) is 48.0 Å². The van der Waals surface area contributed by atoms with Crippen molar-refractivity contribution in [3.63, 3.8) is 0 Å². The number of ketones is 1. The van der Waals surface area contributed by atoms with Crippen LogP contribution < -0.4 is 0 Å². The average molecular weight is 260 g/mol. The molecule has 0 atom stereocenters. The summed E-state index contributed by atoms with van der Waals surface area (Å²) >= 11 is 1.58. The smallest absolute Gasteiger partial charge is 0.229 e. The molecule has 2 rings (SSSR count). The topological polar surface area (TPSA) is 34.9 Å². The lowest BCUT2D eigenvalue weighted by Gasteiger charge is -2.08. The van der Waals surface area contributed by atoms with Gasteiger partial charge in [0.25, 0.3) is 0 Å². The molecule has 1 heterocycles. The second kappa shape index (κ2) is 5.87. The van der Waals surface area contributed by atoms with Crippen LogP contribution in [0, 0.1) is 0 Å². The van der Waals surface area contributed by atoms with E-state index in [-0.39, 0.29) is 5.78 Å². The second-order valence-electron chi connectivity index (χ2n) is 3.97. The zero-order chi connectivity index (χ0) is 13.0. The monoisotopic (exact) mass is 260 g/mol. The molecule has 0 bridgehead atoms. The van der Waals surface area contributed by atoms with Gasteiger partial charge in [0.1, 0.15) is 0 Å². The standard InChI is InChI=1S/C14H16N2OS/c1-3-9-16-10-8-15-14(16)13(17)11-6-4-5-7-12(11)18-2/h4-8,10H,3,9H2,1-2H3. The van der Waals surface area contributed by atoms with Crippen LogP contribution in [0.5, 0.6) is 0 Å². The van der Waals surface area contributed by atoms with Crippen LogP contribution in [0.2, 0.25) is 0 Å². The Kier molecular flexibility index (Phi) is 4.20. The van der Waals surface area contributed by atoms with Crippen LogP contribution in [0.4, 0.5) is 0 Å². The molecular weight excluding hydrogens is 244 g/mol. The third-order valence-electron chi connectivity index (χ3n) is 2.73. The molecular formula is C14H16N2OS. The molecule has 0 aliphatic heterocycles. The molecule has 0 aliphatic carbocycles. The molecule has 0 N–H and O–H groups in total. The highest BCUT2D eigenvalue weighted by Gasteiger charge is 2.17. The Morgan fingerprint density at radius 3 is 2.89 bits per heavy atom. The summed E-state index contributed by atoms with van der Waals surface area (Å²) in [6.07, 6.45) is 6.51. The van der Waals surface area contributed by atoms with Crippen molar-refractivity contribution >= 4 is 17.5 Å². The fourth-order valence-corrected chi connectivity index (χ4v) is 2.49. The van der Waals surface area contributed by atoms with Gasteiger partial charge in [0.2, 0.25) is 5.78 Å². The van der Waals surface area contributed by atoms with Gasteiger partial charge in [-0.05, 0) is 24.8 Å². The van der Waals surface area contributed by atoms with E-state index in [0.717, 1.165) is 23.4 Å². The molecule has 18 heavy (non-hydrogen) atoms. The Morgan fingerprint density at radius 1 is 1.39 bits per heavy atom. The summed E-state index contributed by atoms with van der Waals surface area (Å²) in [5.41, 5.74) is 0.730. The number of benzene rings is 1. The normalized spacial score (nSPS) is 10.6. The van der Waals surface area contributed by atoms with Crippen LogP contribution >= 0.6 is 11.8 Å². The highest BCUT2D eigenvalue weighted by molar-refractivity contribution is 7.98. The first-order valence-corrected chi connectivity index (χ1v) is 7.19. The lowest BCUT2D eigenvalue weighted by atomic mass is 10.1. The molecule has 3 nitrogen and oxygen atoms in total. The van der Waals surface area contributed by atoms with Crippen molar-refractivity contribution < 1.29 is 4.79 Å². The van der Waals surface area contributed by atoms with Crippen molar-refractivity contribution in [3.8, 4) is 0 Å². The molecule has 0 aliphatic rings. The number of rotatable bonds is 5. The van der Waals surface area contributed by atoms with E-state index in [1.807, 2.05) is 41.3 Å². The fourth-order valence-electron chi connectivity index (χ4n) is 1.89. The summed E-state index contributed by atoms with van der Waals surface area (Å²) < 4.78 is 1.92. The van der Waals surface area contributed by atoms with Gasteiger partial charge < -0.3 is 4.57 Å². The molecule has 94 valence electrons. The SMILES string of the molecule is CCCn1ccnc1C(=O)c1ccccc1SC. The van der Waals surface area contributed by atoms with Crippen LogP contribution in [-0.2, 0) is 6.54 Å². The summed E-state index contributed by atoms with van der Waals surface area (Å²) in [4.78, 5) is 17.7. The van der Waals surface area contributed by atoms with Crippen LogP contribution in [-0.4, -0.2) is 21.6 Å². The van der Waals surface area contributed by atoms with E-state index in [9.17, 15) is 4.79 Å². The van der Waals surface area contributed by atoms with Gasteiger partial charge in [0.15, 0.2) is 5.82 Å². The minimum absolute atomic E-state index is 0.00148. The zero-order valence-electron chi connectivity index (χ0n) is 10.6. The van der Waals surface area contributed by atoms with Gasteiger partial charge in [0, 0.05) is 29.4 Å². The van der Waals surface area contributed by atoms with E-state index >= 15 is 0 Å². The van der Waals surface area contributed by atoms with Gasteiger partial charge >= 0.3 is 0 Å². The summed E-state index contributed by atoms with van der Waals surface area (Å²) in [5.74, 6) is 0.525. The summed E-state index contributed by atoms with van der Waals surface area (Å²) in [7, 11) is 0. The maximum atomic E-state index is 12.5. The number of hydrogen-bond donors (Lipinski definition) is 0. The Morgan fingerprint density at radius 2 is 2.17 bits per heavy atom. The minimum Gasteiger partial charge on any atom is -0.328 e. The number of hydrogen-bond acceptors (Lipinski definition) is 3. The molecule has 2 aromatic rings. The number of aromatic nitrogens is 2. The van der Waals surface area contributed by atoms with Crippen molar-refractivity contribution in [1.82, 2.24) is 9.55 Å². The molecule has 0 spiro atoms. The number of aryl methyl sites for hydroxylation is 1. The highest BCUT2D eigenvalue weighted by Crippen LogP contribution is 2.22. The van der Waals surface area contributed by atoms with Crippen LogP contribution in [0.15, 0.2) is 41.6 Å². The molecule has 1 aromatic carbocycles. The Balaban J connectivity index is 2.38. The predicted molar refractivity (Wildman–Crippen MR) is 74.2 cm³/mol. The third-order valence-corrected chi connectivity index (χ3v) is 3.53. The lowest BCUT2D eigenvalue weighted by Crippen LogP contribution is -2.12. The largest absolute Gasteiger partial charge is 0.328 e. The predicted octanol–water partition coefficient (Wildman–Crippen LogP) is 3.25. The molecule has 0 amide bonds. The zero-order valence-corrected chi connectivity index (χ0v) is 11.4. The number of thioether (sulfide) groups is 1. The summed E-state index contributed by atoms with van der Waals surface area (Å²) in [6.45, 7) is 2.91. The molecule has 0 radical (unpaired) electrons. The van der Waals surface area contributed by atoms with Gasteiger partial charge in [-0.3, -0.25) is 4.79 Å². The lowest BCUT2D eigenvalue weighted by molar-refractivity contribution is 0.102. The van der Waals surface area contributed by atoms with Crippen molar-refractivity contribution in [2.75, 3.05) is 6.26 Å². The van der Waals surface area contributed by atoms with E-state index in [2.05, 4.69) is 11.9 Å². The Hall–Kier alpha value is -1.55. The molecule has 0 saturated heterocycles. The summed E-state index contributed by atoms with van der Waals surface area (Å²) in [5, 5.41) is 0. The number of carbonyl (C=O) groups excluding carboxylic acids is 1. The minimum atomic E-state index is -0.00148. The highest BCUT2D eigenvalue weighted by atomic mass is 32.2. The van der Waals surface area contributed by atoms with E-state index in [1.54, 1.807) is 18.0 Å². The van der Waals surface area contributed by atoms with Gasteiger partial charge in [-0.25, -0.2) is 4.98 Å². The van der Waals surface area contributed by atoms with E-state index in [1.165, 1.54) is 0 Å². The first kappa shape index (κ1) is 12.9. The Bertz CT molecular complexity index is 548. The molecule has 0 saturated carbocycles. The second-order valence-corrected chi connectivity index (χ2v) is 4.82. The first-order chi connectivity index (χ1) is 8.77. The van der Waals surface area contributed by atoms with E-state index in [4.69, 9.17) is 0 Å². The molecule has 0 fully saturated rings. The van der Waals surface area contributed by atoms with E-state index < -0.39 is 0 Å². The summed E-state index contributed by atoms with van der Waals surface area (Å²) in [6, 6.07) is 7.66. The van der Waals surface area contributed by atoms with Crippen molar-refractivity contribution in [1.29, 1.82) is 0 Å². The quantitative estimate of drug-likeness (QED) is 0.611.